The highest BCUT2D eigenvalue weighted by atomic mass is 32.1. The monoisotopic (exact) mass is 437 g/mol. The van der Waals surface area contributed by atoms with E-state index in [9.17, 15) is 4.79 Å². The van der Waals surface area contributed by atoms with Crippen molar-refractivity contribution >= 4 is 24.5 Å². The number of carbonyl (C=O) groups is 1. The van der Waals surface area contributed by atoms with Crippen molar-refractivity contribution in [2.75, 3.05) is 32.8 Å². The highest BCUT2D eigenvalue weighted by Crippen LogP contribution is 2.23. The molecule has 3 aliphatic rings. The van der Waals surface area contributed by atoms with Crippen molar-refractivity contribution in [3.63, 3.8) is 0 Å². The first-order chi connectivity index (χ1) is 14.7. The molecule has 1 saturated carbocycles. The van der Waals surface area contributed by atoms with Crippen LogP contribution in [0.4, 0.5) is 0 Å². The molecule has 2 heterocycles. The van der Waals surface area contributed by atoms with E-state index in [0.29, 0.717) is 23.3 Å². The highest BCUT2D eigenvalue weighted by molar-refractivity contribution is 7.80. The summed E-state index contributed by atoms with van der Waals surface area (Å²) in [5, 5.41) is 13.9. The minimum absolute atomic E-state index is 0.00459. The SMILES string of the molecule is CCCCNC1=NCC(C(=O)NC2CCC(S)CC2)=C(NCCC2CCOCC2)N1. The Morgan fingerprint density at radius 1 is 1.13 bits per heavy atom. The van der Waals surface area contributed by atoms with Crippen LogP contribution >= 0.6 is 12.6 Å². The molecule has 8 heteroatoms. The predicted octanol–water partition coefficient (Wildman–Crippen LogP) is 2.31. The molecule has 4 N–H and O–H groups in total. The average Bonchev–Trinajstić information content (AvgIpc) is 2.76. The Hall–Kier alpha value is -1.41. The summed E-state index contributed by atoms with van der Waals surface area (Å²) in [6, 6.07) is 0.241. The fourth-order valence-electron chi connectivity index (χ4n) is 4.22. The molecular weight excluding hydrogens is 398 g/mol. The number of nitrogens with one attached hydrogen (secondary N) is 4. The maximum absolute atomic E-state index is 13.0. The molecule has 1 amide bonds. The number of amides is 1. The van der Waals surface area contributed by atoms with Crippen molar-refractivity contribution in [2.45, 2.75) is 76.0 Å². The summed E-state index contributed by atoms with van der Waals surface area (Å²) in [7, 11) is 0. The molecule has 7 nitrogen and oxygen atoms in total. The summed E-state index contributed by atoms with van der Waals surface area (Å²) in [6.07, 6.45) is 9.69. The van der Waals surface area contributed by atoms with E-state index in [0.717, 1.165) is 95.9 Å². The average molecular weight is 438 g/mol. The van der Waals surface area contributed by atoms with E-state index < -0.39 is 0 Å². The molecule has 0 radical (unpaired) electrons. The molecule has 2 aliphatic heterocycles. The molecule has 0 atom stereocenters. The molecule has 1 aliphatic carbocycles. The third-order valence-electron chi connectivity index (χ3n) is 6.26. The van der Waals surface area contributed by atoms with Gasteiger partial charge in [-0.1, -0.05) is 13.3 Å². The van der Waals surface area contributed by atoms with Crippen molar-refractivity contribution in [3.05, 3.63) is 11.4 Å². The van der Waals surface area contributed by atoms with Gasteiger partial charge in [-0.15, -0.1) is 0 Å². The van der Waals surface area contributed by atoms with Gasteiger partial charge in [0.25, 0.3) is 5.91 Å². The number of thiol groups is 1. The first-order valence-electron chi connectivity index (χ1n) is 11.7. The second-order valence-electron chi connectivity index (χ2n) is 8.67. The standard InChI is InChI=1S/C22H39N5O2S/c1-2-3-11-24-22-25-15-19(21(28)26-17-4-6-18(30)7-5-17)20(27-22)23-12-8-16-9-13-29-14-10-16/h16-18,23,30H,2-15H2,1H3,(H,26,28)(H2,24,25,27). The second kappa shape index (κ2) is 12.4. The molecule has 0 spiro atoms. The third-order valence-corrected chi connectivity index (χ3v) is 6.78. The predicted molar refractivity (Wildman–Crippen MR) is 125 cm³/mol. The lowest BCUT2D eigenvalue weighted by Gasteiger charge is -2.29. The number of aliphatic imine (C=N–C) groups is 1. The van der Waals surface area contributed by atoms with Crippen LogP contribution in [0, 0.1) is 5.92 Å². The smallest absolute Gasteiger partial charge is 0.252 e. The van der Waals surface area contributed by atoms with Crippen molar-refractivity contribution in [2.24, 2.45) is 10.9 Å². The van der Waals surface area contributed by atoms with Gasteiger partial charge >= 0.3 is 0 Å². The number of unbranched alkanes of at least 4 members (excludes halogenated alkanes) is 1. The lowest BCUT2D eigenvalue weighted by Crippen LogP contribution is -2.48. The number of nitrogens with zero attached hydrogens (tertiary/aromatic N) is 1. The van der Waals surface area contributed by atoms with Gasteiger partial charge in [-0.2, -0.15) is 12.6 Å². The van der Waals surface area contributed by atoms with Crippen LogP contribution in [-0.2, 0) is 9.53 Å². The zero-order valence-corrected chi connectivity index (χ0v) is 19.2. The Labute approximate surface area is 186 Å². The van der Waals surface area contributed by atoms with Crippen LogP contribution in [-0.4, -0.2) is 56.0 Å². The number of rotatable bonds is 9. The zero-order chi connectivity index (χ0) is 21.2. The summed E-state index contributed by atoms with van der Waals surface area (Å²) in [6.45, 7) is 6.03. The molecule has 0 aromatic rings. The van der Waals surface area contributed by atoms with Crippen LogP contribution in [0.2, 0.25) is 0 Å². The topological polar surface area (TPSA) is 86.8 Å². The van der Waals surface area contributed by atoms with Gasteiger partial charge in [0.1, 0.15) is 5.82 Å². The first-order valence-corrected chi connectivity index (χ1v) is 12.3. The van der Waals surface area contributed by atoms with Gasteiger partial charge in [0.15, 0.2) is 5.96 Å². The maximum Gasteiger partial charge on any atom is 0.252 e. The van der Waals surface area contributed by atoms with E-state index in [4.69, 9.17) is 4.74 Å². The molecule has 2 fully saturated rings. The van der Waals surface area contributed by atoms with Crippen molar-refractivity contribution in [3.8, 4) is 0 Å². The van der Waals surface area contributed by atoms with Crippen molar-refractivity contribution < 1.29 is 9.53 Å². The summed E-state index contributed by atoms with van der Waals surface area (Å²) in [5.74, 6) is 2.25. The number of carbonyl (C=O) groups excluding carboxylic acids is 1. The number of guanidine groups is 1. The van der Waals surface area contributed by atoms with Crippen molar-refractivity contribution in [1.82, 2.24) is 21.3 Å². The fraction of sp³-hybridized carbons (Fsp3) is 0.818. The second-order valence-corrected chi connectivity index (χ2v) is 9.40. The van der Waals surface area contributed by atoms with Gasteiger partial charge in [0.2, 0.25) is 0 Å². The Balaban J connectivity index is 1.57. The van der Waals surface area contributed by atoms with Gasteiger partial charge in [-0.25, -0.2) is 4.99 Å². The molecule has 1 saturated heterocycles. The largest absolute Gasteiger partial charge is 0.381 e. The number of hydrogen-bond acceptors (Lipinski definition) is 7. The number of ether oxygens (including phenoxy) is 1. The van der Waals surface area contributed by atoms with Gasteiger partial charge in [-0.3, -0.25) is 4.79 Å². The van der Waals surface area contributed by atoms with Crippen LogP contribution in [0.15, 0.2) is 16.4 Å². The summed E-state index contributed by atoms with van der Waals surface area (Å²) in [4.78, 5) is 17.6. The Bertz CT molecular complexity index is 611. The fourth-order valence-corrected chi connectivity index (χ4v) is 4.52. The third kappa shape index (κ3) is 7.38. The Morgan fingerprint density at radius 3 is 2.63 bits per heavy atom. The van der Waals surface area contributed by atoms with Crippen LogP contribution in [0.3, 0.4) is 0 Å². The molecule has 0 unspecified atom stereocenters. The summed E-state index contributed by atoms with van der Waals surface area (Å²) < 4.78 is 5.46. The lowest BCUT2D eigenvalue weighted by atomic mass is 9.94. The van der Waals surface area contributed by atoms with E-state index in [1.165, 1.54) is 0 Å². The van der Waals surface area contributed by atoms with Crippen LogP contribution in [0.25, 0.3) is 0 Å². The minimum Gasteiger partial charge on any atom is -0.381 e. The van der Waals surface area contributed by atoms with E-state index in [1.54, 1.807) is 0 Å². The van der Waals surface area contributed by atoms with Crippen LogP contribution in [0.5, 0.6) is 0 Å². The molecule has 3 rings (SSSR count). The van der Waals surface area contributed by atoms with Gasteiger partial charge in [-0.05, 0) is 57.3 Å². The van der Waals surface area contributed by atoms with Gasteiger partial charge < -0.3 is 26.0 Å². The van der Waals surface area contributed by atoms with E-state index in [2.05, 4.69) is 45.8 Å². The highest BCUT2D eigenvalue weighted by Gasteiger charge is 2.25. The molecule has 0 aromatic carbocycles. The lowest BCUT2D eigenvalue weighted by molar-refractivity contribution is -0.118. The number of hydrogen-bond donors (Lipinski definition) is 5. The molecule has 170 valence electrons. The minimum atomic E-state index is -0.00459. The van der Waals surface area contributed by atoms with Crippen molar-refractivity contribution in [1.29, 1.82) is 0 Å². The molecule has 0 aromatic heterocycles. The first kappa shape index (κ1) is 23.3. The van der Waals surface area contributed by atoms with E-state index in [1.807, 2.05) is 0 Å². The quantitative estimate of drug-likeness (QED) is 0.282. The normalized spacial score (nSPS) is 25.3. The van der Waals surface area contributed by atoms with Gasteiger partial charge in [0.05, 0.1) is 12.1 Å². The van der Waals surface area contributed by atoms with Crippen LogP contribution in [0.1, 0.15) is 64.7 Å². The van der Waals surface area contributed by atoms with Gasteiger partial charge in [0, 0.05) is 37.6 Å². The zero-order valence-electron chi connectivity index (χ0n) is 18.3. The van der Waals surface area contributed by atoms with Crippen LogP contribution < -0.4 is 21.3 Å². The van der Waals surface area contributed by atoms with E-state index >= 15 is 0 Å². The molecular formula is C22H39N5O2S. The Morgan fingerprint density at radius 2 is 1.90 bits per heavy atom. The Kier molecular flexibility index (Phi) is 9.65. The maximum atomic E-state index is 13.0. The van der Waals surface area contributed by atoms with E-state index in [-0.39, 0.29) is 11.9 Å². The summed E-state index contributed by atoms with van der Waals surface area (Å²) >= 11 is 4.56. The molecule has 30 heavy (non-hydrogen) atoms. The summed E-state index contributed by atoms with van der Waals surface area (Å²) in [5.41, 5.74) is 0.705. The molecule has 0 bridgehead atoms.